The standard InChI is InChI=1S/C8H18NO.2C3H7.Al/c1-6(2)9(7(3)4)8(5)10;2*1-3-2;/h6-8H,1-5H3;2*1,3H2,2H3;/q-1;;;+1. The lowest BCUT2D eigenvalue weighted by Crippen LogP contribution is -2.46. The lowest BCUT2D eigenvalue weighted by molar-refractivity contribution is -0.00842. The summed E-state index contributed by atoms with van der Waals surface area (Å²) in [4.78, 5) is 2.48. The van der Waals surface area contributed by atoms with E-state index in [2.05, 4.69) is 53.4 Å². The third-order valence-corrected chi connectivity index (χ3v) is 6.44. The summed E-state index contributed by atoms with van der Waals surface area (Å²) in [5.74, 6) is 0. The highest BCUT2D eigenvalue weighted by Gasteiger charge is 2.26. The Morgan fingerprint density at radius 3 is 1.59 bits per heavy atom. The number of hydrogen-bond donors (Lipinski definition) is 0. The van der Waals surface area contributed by atoms with Crippen LogP contribution in [0.5, 0.6) is 0 Å². The molecule has 2 nitrogen and oxygen atoms in total. The lowest BCUT2D eigenvalue weighted by atomic mass is 10.2. The van der Waals surface area contributed by atoms with Crippen molar-refractivity contribution in [2.75, 3.05) is 0 Å². The predicted molar refractivity (Wildman–Crippen MR) is 78.6 cm³/mol. The normalized spacial score (nSPS) is 13.8. The molecule has 0 spiro atoms. The van der Waals surface area contributed by atoms with Gasteiger partial charge in [0, 0.05) is 12.1 Å². The molecule has 0 aliphatic carbocycles. The summed E-state index contributed by atoms with van der Waals surface area (Å²) in [5.41, 5.74) is 0. The van der Waals surface area contributed by atoms with Crippen LogP contribution in [0.1, 0.15) is 61.3 Å². The number of nitrogens with zero attached hydrogens (tertiary/aromatic N) is 1. The van der Waals surface area contributed by atoms with Crippen molar-refractivity contribution in [3.8, 4) is 0 Å². The molecule has 0 radical (unpaired) electrons. The van der Waals surface area contributed by atoms with E-state index < -0.39 is 14.5 Å². The highest BCUT2D eigenvalue weighted by Crippen LogP contribution is 2.16. The van der Waals surface area contributed by atoms with Crippen LogP contribution in [-0.4, -0.2) is 37.7 Å². The van der Waals surface area contributed by atoms with E-state index in [0.717, 1.165) is 0 Å². The Bertz CT molecular complexity index is 171. The van der Waals surface area contributed by atoms with Crippen molar-refractivity contribution < 1.29 is 3.79 Å². The van der Waals surface area contributed by atoms with E-state index >= 15 is 0 Å². The van der Waals surface area contributed by atoms with Gasteiger partial charge in [0.15, 0.2) is 0 Å². The van der Waals surface area contributed by atoms with Gasteiger partial charge in [-0.1, -0.05) is 37.3 Å². The SMILES string of the molecule is CC[CH2][Al]([CH2]CC)[O]C(C)N(C(C)C)C(C)C. The second-order valence-electron chi connectivity index (χ2n) is 5.57. The first-order chi connectivity index (χ1) is 7.93. The van der Waals surface area contributed by atoms with Crippen LogP contribution < -0.4 is 0 Å². The van der Waals surface area contributed by atoms with Crippen LogP contribution in [0.2, 0.25) is 10.6 Å². The molecule has 0 aromatic carbocycles. The van der Waals surface area contributed by atoms with Gasteiger partial charge in [-0.3, -0.25) is 4.90 Å². The Hall–Kier alpha value is 0.452. The Labute approximate surface area is 113 Å². The quantitative estimate of drug-likeness (QED) is 0.451. The maximum atomic E-state index is 6.38. The molecule has 0 aromatic rings. The summed E-state index contributed by atoms with van der Waals surface area (Å²) in [5, 5.41) is 2.64. The van der Waals surface area contributed by atoms with Crippen LogP contribution in [0.4, 0.5) is 0 Å². The summed E-state index contributed by atoms with van der Waals surface area (Å²) in [6.07, 6.45) is 2.82. The molecule has 0 fully saturated rings. The van der Waals surface area contributed by atoms with Crippen LogP contribution in [0.25, 0.3) is 0 Å². The minimum absolute atomic E-state index is 0.282. The van der Waals surface area contributed by atoms with Gasteiger partial charge >= 0.3 is 14.5 Å². The van der Waals surface area contributed by atoms with E-state index in [1.807, 2.05) is 0 Å². The van der Waals surface area contributed by atoms with E-state index in [-0.39, 0.29) is 6.23 Å². The highest BCUT2D eigenvalue weighted by atomic mass is 27.2. The first kappa shape index (κ1) is 17.5. The average molecular weight is 257 g/mol. The van der Waals surface area contributed by atoms with E-state index in [1.165, 1.54) is 23.4 Å². The largest absolute Gasteiger partial charge is 0.487 e. The van der Waals surface area contributed by atoms with E-state index in [4.69, 9.17) is 3.79 Å². The fourth-order valence-electron chi connectivity index (χ4n) is 2.71. The maximum Gasteiger partial charge on any atom is 0.461 e. The second kappa shape index (κ2) is 9.39. The van der Waals surface area contributed by atoms with E-state index in [0.29, 0.717) is 12.1 Å². The molecule has 0 bridgehead atoms. The molecule has 0 rings (SSSR count). The van der Waals surface area contributed by atoms with Crippen LogP contribution >= 0.6 is 0 Å². The van der Waals surface area contributed by atoms with Crippen LogP contribution in [0, 0.1) is 0 Å². The number of hydrogen-bond acceptors (Lipinski definition) is 2. The monoisotopic (exact) mass is 257 g/mol. The smallest absolute Gasteiger partial charge is 0.461 e. The van der Waals surface area contributed by atoms with Crippen LogP contribution in [-0.2, 0) is 3.79 Å². The van der Waals surface area contributed by atoms with Gasteiger partial charge in [0.25, 0.3) is 0 Å². The molecule has 3 heteroatoms. The summed E-state index contributed by atoms with van der Waals surface area (Å²) in [7, 11) is 0. The molecule has 1 atom stereocenters. The topological polar surface area (TPSA) is 12.5 Å². The fourth-order valence-corrected chi connectivity index (χ4v) is 5.26. The third-order valence-electron chi connectivity index (χ3n) is 3.22. The van der Waals surface area contributed by atoms with Gasteiger partial charge in [-0.2, -0.15) is 0 Å². The van der Waals surface area contributed by atoms with Crippen molar-refractivity contribution >= 4 is 14.5 Å². The molecule has 0 aliphatic rings. The van der Waals surface area contributed by atoms with E-state index in [9.17, 15) is 0 Å². The Morgan fingerprint density at radius 1 is 0.882 bits per heavy atom. The number of rotatable bonds is 9. The van der Waals surface area contributed by atoms with Crippen molar-refractivity contribution in [3.63, 3.8) is 0 Å². The molecule has 17 heavy (non-hydrogen) atoms. The van der Waals surface area contributed by atoms with Gasteiger partial charge in [-0.25, -0.2) is 0 Å². The van der Waals surface area contributed by atoms with Gasteiger partial charge in [-0.05, 0) is 34.6 Å². The third kappa shape index (κ3) is 6.82. The Kier molecular flexibility index (Phi) is 9.64. The molecule has 0 aromatic heterocycles. The van der Waals surface area contributed by atoms with Gasteiger partial charge in [-0.15, -0.1) is 0 Å². The molecule has 0 saturated carbocycles. The summed E-state index contributed by atoms with van der Waals surface area (Å²) in [6.45, 7) is 15.8. The van der Waals surface area contributed by atoms with Gasteiger partial charge in [0.05, 0.1) is 6.23 Å². The zero-order valence-electron chi connectivity index (χ0n) is 13.0. The molecule has 1 unspecified atom stereocenters. The highest BCUT2D eigenvalue weighted by molar-refractivity contribution is 6.51. The van der Waals surface area contributed by atoms with Crippen molar-refractivity contribution in [1.82, 2.24) is 4.90 Å². The van der Waals surface area contributed by atoms with Crippen molar-refractivity contribution in [3.05, 3.63) is 0 Å². The van der Waals surface area contributed by atoms with Crippen LogP contribution in [0.3, 0.4) is 0 Å². The Balaban J connectivity index is 4.38. The molecule has 0 amide bonds. The summed E-state index contributed by atoms with van der Waals surface area (Å²) in [6, 6.07) is 1.12. The van der Waals surface area contributed by atoms with Gasteiger partial charge in [0.2, 0.25) is 0 Å². The molecule has 102 valence electrons. The first-order valence-electron chi connectivity index (χ1n) is 7.36. The minimum atomic E-state index is -0.972. The molecule has 0 aliphatic heterocycles. The maximum absolute atomic E-state index is 6.38. The van der Waals surface area contributed by atoms with Crippen molar-refractivity contribution in [2.24, 2.45) is 0 Å². The predicted octanol–water partition coefficient (Wildman–Crippen LogP) is 4.28. The molecule has 0 N–H and O–H groups in total. The molecular weight excluding hydrogens is 225 g/mol. The van der Waals surface area contributed by atoms with Gasteiger partial charge in [0.1, 0.15) is 0 Å². The molecular formula is C14H32AlNO. The van der Waals surface area contributed by atoms with Gasteiger partial charge < -0.3 is 3.79 Å². The van der Waals surface area contributed by atoms with E-state index in [1.54, 1.807) is 0 Å². The Morgan fingerprint density at radius 2 is 1.29 bits per heavy atom. The summed E-state index contributed by atoms with van der Waals surface area (Å²) < 4.78 is 6.38. The minimum Gasteiger partial charge on any atom is -0.487 e. The van der Waals surface area contributed by atoms with Crippen molar-refractivity contribution in [1.29, 1.82) is 0 Å². The zero-order valence-corrected chi connectivity index (χ0v) is 14.1. The average Bonchev–Trinajstić information content (AvgIpc) is 2.16. The summed E-state index contributed by atoms with van der Waals surface area (Å²) >= 11 is -0.972. The van der Waals surface area contributed by atoms with Crippen LogP contribution in [0.15, 0.2) is 0 Å². The lowest BCUT2D eigenvalue weighted by Gasteiger charge is -2.38. The second-order valence-corrected chi connectivity index (χ2v) is 8.24. The van der Waals surface area contributed by atoms with Crippen molar-refractivity contribution in [2.45, 2.75) is 90.2 Å². The molecule has 0 heterocycles. The zero-order chi connectivity index (χ0) is 13.4. The molecule has 0 saturated heterocycles. The first-order valence-corrected chi connectivity index (χ1v) is 9.47. The fraction of sp³-hybridized carbons (Fsp3) is 1.00.